The predicted molar refractivity (Wildman–Crippen MR) is 131 cm³/mol. The maximum Gasteiger partial charge on any atom is 0.412 e. The number of ether oxygens (including phenoxy) is 2. The predicted octanol–water partition coefficient (Wildman–Crippen LogP) is 6.73. The Morgan fingerprint density at radius 1 is 1.24 bits per heavy atom. The van der Waals surface area contributed by atoms with Gasteiger partial charge in [-0.15, -0.1) is 0 Å². The Balaban J connectivity index is 1.57. The van der Waals surface area contributed by atoms with Gasteiger partial charge in [-0.3, -0.25) is 10.1 Å². The zero-order chi connectivity index (χ0) is 24.2. The molecular weight excluding hydrogens is 487 g/mol. The number of nitrogens with zero attached hydrogens (tertiary/aromatic N) is 1. The number of halogens is 2. The van der Waals surface area contributed by atoms with Gasteiger partial charge in [0.05, 0.1) is 22.3 Å². The number of rotatable bonds is 9. The van der Waals surface area contributed by atoms with Crippen LogP contribution in [0.25, 0.3) is 0 Å². The summed E-state index contributed by atoms with van der Waals surface area (Å²) in [6.45, 7) is 5.60. The highest BCUT2D eigenvalue weighted by molar-refractivity contribution is 7.74. The van der Waals surface area contributed by atoms with Crippen LogP contribution < -0.4 is 10.1 Å². The van der Waals surface area contributed by atoms with Crippen LogP contribution in [-0.2, 0) is 14.6 Å². The van der Waals surface area contributed by atoms with Crippen LogP contribution in [0.3, 0.4) is 0 Å². The van der Waals surface area contributed by atoms with E-state index < -0.39 is 11.7 Å². The molecule has 1 N–H and O–H groups in total. The van der Waals surface area contributed by atoms with Gasteiger partial charge in [-0.1, -0.05) is 23.2 Å². The van der Waals surface area contributed by atoms with Crippen molar-refractivity contribution in [2.45, 2.75) is 45.6 Å². The fourth-order valence-corrected chi connectivity index (χ4v) is 4.13. The SMILES string of the molecule is CC(=O)c1c([N+](=CCCCCOc2ccc3c(c2)C(C)(C)OC(=O)N3)OS)ccc(Cl)c1Cl. The molecule has 2 aromatic rings. The minimum atomic E-state index is -0.731. The molecule has 0 saturated carbocycles. The zero-order valence-corrected chi connectivity index (χ0v) is 20.9. The van der Waals surface area contributed by atoms with Gasteiger partial charge in [-0.25, -0.2) is 4.79 Å². The van der Waals surface area contributed by atoms with Gasteiger partial charge < -0.3 is 9.47 Å². The molecule has 0 radical (unpaired) electrons. The summed E-state index contributed by atoms with van der Waals surface area (Å²) in [5.74, 6) is 0.473. The van der Waals surface area contributed by atoms with E-state index in [0.717, 1.165) is 24.1 Å². The molecule has 0 unspecified atom stereocenters. The molecule has 176 valence electrons. The number of hydrogen-bond acceptors (Lipinski definition) is 6. The first-order chi connectivity index (χ1) is 15.6. The summed E-state index contributed by atoms with van der Waals surface area (Å²) in [6, 6.07) is 8.77. The number of hydrogen-bond donors (Lipinski definition) is 2. The topological polar surface area (TPSA) is 76.9 Å². The number of carbonyl (C=O) groups excluding carboxylic acids is 2. The van der Waals surface area contributed by atoms with Gasteiger partial charge in [0.2, 0.25) is 6.21 Å². The van der Waals surface area contributed by atoms with Gasteiger partial charge in [0.15, 0.2) is 5.78 Å². The van der Waals surface area contributed by atoms with E-state index >= 15 is 0 Å². The van der Waals surface area contributed by atoms with E-state index in [1.807, 2.05) is 32.0 Å². The van der Waals surface area contributed by atoms with Gasteiger partial charge in [0, 0.05) is 22.8 Å². The van der Waals surface area contributed by atoms with Crippen LogP contribution in [-0.4, -0.2) is 29.4 Å². The molecular formula is C23H25Cl2N2O5S+. The van der Waals surface area contributed by atoms with Crippen molar-refractivity contribution in [1.82, 2.24) is 0 Å². The van der Waals surface area contributed by atoms with Gasteiger partial charge in [-0.2, -0.15) is 4.28 Å². The second-order valence-electron chi connectivity index (χ2n) is 7.98. The molecule has 0 spiro atoms. The number of unbranched alkanes of at least 4 members (excludes halogenated alkanes) is 2. The molecule has 0 saturated heterocycles. The summed E-state index contributed by atoms with van der Waals surface area (Å²) in [7, 11) is 0. The van der Waals surface area contributed by atoms with Crippen molar-refractivity contribution in [3.63, 3.8) is 0 Å². The third-order valence-corrected chi connectivity index (χ3v) is 6.12. The Morgan fingerprint density at radius 2 is 2.00 bits per heavy atom. The second kappa shape index (κ2) is 10.7. The molecule has 1 heterocycles. The second-order valence-corrected chi connectivity index (χ2v) is 8.93. The quantitative estimate of drug-likeness (QED) is 0.0741. The number of Topliss-reactive ketones (excluding diaryl/α,β-unsaturated/α-hetero) is 1. The number of nitrogens with one attached hydrogen (secondary N) is 1. The van der Waals surface area contributed by atoms with E-state index in [1.165, 1.54) is 11.7 Å². The highest BCUT2D eigenvalue weighted by Crippen LogP contribution is 2.37. The lowest BCUT2D eigenvalue weighted by Gasteiger charge is -2.32. The largest absolute Gasteiger partial charge is 0.494 e. The van der Waals surface area contributed by atoms with Crippen LogP contribution in [0, 0.1) is 0 Å². The van der Waals surface area contributed by atoms with Crippen molar-refractivity contribution in [2.75, 3.05) is 11.9 Å². The van der Waals surface area contributed by atoms with Crippen molar-refractivity contribution in [1.29, 1.82) is 0 Å². The van der Waals surface area contributed by atoms with Crippen LogP contribution in [0.1, 0.15) is 56.0 Å². The van der Waals surface area contributed by atoms with E-state index in [-0.39, 0.29) is 16.4 Å². The van der Waals surface area contributed by atoms with Crippen LogP contribution in [0.15, 0.2) is 30.3 Å². The number of benzene rings is 2. The molecule has 33 heavy (non-hydrogen) atoms. The third-order valence-electron chi connectivity index (χ3n) is 5.14. The van der Waals surface area contributed by atoms with Crippen molar-refractivity contribution in [3.05, 3.63) is 51.5 Å². The molecule has 2 aromatic carbocycles. The Kier molecular flexibility index (Phi) is 8.15. The molecule has 10 heteroatoms. The Bertz CT molecular complexity index is 1100. The molecule has 1 aliphatic rings. The first-order valence-corrected chi connectivity index (χ1v) is 11.5. The molecule has 3 rings (SSSR count). The van der Waals surface area contributed by atoms with Crippen LogP contribution >= 0.6 is 36.1 Å². The van der Waals surface area contributed by atoms with Gasteiger partial charge in [0.1, 0.15) is 29.8 Å². The molecule has 0 aliphatic carbocycles. The number of ketones is 1. The minimum Gasteiger partial charge on any atom is -0.494 e. The summed E-state index contributed by atoms with van der Waals surface area (Å²) >= 11 is 16.1. The lowest BCUT2D eigenvalue weighted by atomic mass is 9.94. The first kappa shape index (κ1) is 25.2. The first-order valence-electron chi connectivity index (χ1n) is 10.3. The van der Waals surface area contributed by atoms with Gasteiger partial charge >= 0.3 is 6.09 Å². The number of amides is 1. The average Bonchev–Trinajstić information content (AvgIpc) is 2.74. The number of thiol groups is 1. The maximum absolute atomic E-state index is 12.0. The molecule has 1 amide bonds. The highest BCUT2D eigenvalue weighted by Gasteiger charge is 2.33. The van der Waals surface area contributed by atoms with Gasteiger partial charge in [0.25, 0.3) is 5.69 Å². The van der Waals surface area contributed by atoms with Crippen molar-refractivity contribution in [2.24, 2.45) is 0 Å². The number of cyclic esters (lactones) is 1. The summed E-state index contributed by atoms with van der Waals surface area (Å²) in [5.41, 5.74) is 1.59. The smallest absolute Gasteiger partial charge is 0.412 e. The molecule has 0 fully saturated rings. The third kappa shape index (κ3) is 5.93. The highest BCUT2D eigenvalue weighted by atomic mass is 35.5. The molecule has 7 nitrogen and oxygen atoms in total. The normalized spacial score (nSPS) is 14.7. The van der Waals surface area contributed by atoms with E-state index in [9.17, 15) is 9.59 Å². The standard InChI is InChI=1S/C23H24Cl2N2O5S/c1-14(28)20-19(10-8-17(24)21(20)25)27(32-33)11-5-4-6-12-30-15-7-9-18-16(13-15)23(2,3)31-22(29)26-18/h7-11,13H,4-6,12H2,1-3H3,(H-,26,29,33)/p+1. The average molecular weight is 512 g/mol. The lowest BCUT2D eigenvalue weighted by molar-refractivity contribution is -0.672. The molecule has 0 aromatic heterocycles. The maximum atomic E-state index is 12.0. The number of carbonyl (C=O) groups is 2. The van der Waals surface area contributed by atoms with Crippen LogP contribution in [0.4, 0.5) is 16.2 Å². The Labute approximate surface area is 208 Å². The Morgan fingerprint density at radius 3 is 2.70 bits per heavy atom. The van der Waals surface area contributed by atoms with Crippen molar-refractivity contribution < 1.29 is 28.1 Å². The van der Waals surface area contributed by atoms with Crippen molar-refractivity contribution >= 4 is 65.6 Å². The summed E-state index contributed by atoms with van der Waals surface area (Å²) in [4.78, 5) is 23.7. The summed E-state index contributed by atoms with van der Waals surface area (Å²) < 4.78 is 17.7. The molecule has 0 bridgehead atoms. The van der Waals surface area contributed by atoms with Gasteiger partial charge in [-0.05, 0) is 57.9 Å². The molecule has 0 atom stereocenters. The fourth-order valence-electron chi connectivity index (χ4n) is 3.52. The lowest BCUT2D eigenvalue weighted by Crippen LogP contribution is -2.34. The van der Waals surface area contributed by atoms with E-state index in [2.05, 4.69) is 18.2 Å². The van der Waals surface area contributed by atoms with Crippen LogP contribution in [0.2, 0.25) is 10.0 Å². The summed E-state index contributed by atoms with van der Waals surface area (Å²) in [5, 5.41) is 3.16. The van der Waals surface area contributed by atoms with E-state index in [0.29, 0.717) is 29.5 Å². The van der Waals surface area contributed by atoms with E-state index in [4.69, 9.17) is 37.0 Å². The van der Waals surface area contributed by atoms with Crippen LogP contribution in [0.5, 0.6) is 5.75 Å². The summed E-state index contributed by atoms with van der Waals surface area (Å²) in [6.07, 6.45) is 3.55. The minimum absolute atomic E-state index is 0.178. The number of anilines is 1. The fraction of sp³-hybridized carbons (Fsp3) is 0.348. The van der Waals surface area contributed by atoms with Crippen molar-refractivity contribution in [3.8, 4) is 5.75 Å². The zero-order valence-electron chi connectivity index (χ0n) is 18.5. The number of fused-ring (bicyclic) bond motifs is 1. The Hall–Kier alpha value is -2.42. The monoisotopic (exact) mass is 511 g/mol. The molecule has 1 aliphatic heterocycles. The van der Waals surface area contributed by atoms with E-state index in [1.54, 1.807) is 18.3 Å².